The van der Waals surface area contributed by atoms with Gasteiger partial charge in [0.25, 0.3) is 0 Å². The van der Waals surface area contributed by atoms with E-state index in [0.717, 1.165) is 0 Å². The zero-order valence-corrected chi connectivity index (χ0v) is 16.6. The molecule has 0 aromatic heterocycles. The normalized spacial score (nSPS) is 15.2. The monoisotopic (exact) mass is 357 g/mol. The van der Waals surface area contributed by atoms with Crippen molar-refractivity contribution in [2.24, 2.45) is 23.2 Å². The molecule has 0 aliphatic carbocycles. The molecule has 7 nitrogen and oxygen atoms in total. The third-order valence-electron chi connectivity index (χ3n) is 4.26. The van der Waals surface area contributed by atoms with Gasteiger partial charge < -0.3 is 10.6 Å². The van der Waals surface area contributed by atoms with Gasteiger partial charge >= 0.3 is 0 Å². The number of hydrogen-bond acceptors (Lipinski definition) is 4. The highest BCUT2D eigenvalue weighted by atomic mass is 16.5. The summed E-state index contributed by atoms with van der Waals surface area (Å²) in [6, 6.07) is -0.709. The first-order valence-corrected chi connectivity index (χ1v) is 8.95. The number of likely N-dealkylation sites (N-methyl/N-ethyl adjacent to an activating group) is 1. The summed E-state index contributed by atoms with van der Waals surface area (Å²) in [5, 5.41) is 14.4. The maximum absolute atomic E-state index is 12.9. The minimum Gasteiger partial charge on any atom is -0.357 e. The second-order valence-corrected chi connectivity index (χ2v) is 8.03. The summed E-state index contributed by atoms with van der Waals surface area (Å²) in [4.78, 5) is 37.2. The minimum absolute atomic E-state index is 0.190. The smallest absolute Gasteiger partial charge is 0.247 e. The number of carbonyl (C=O) groups excluding carboxylic acids is 3. The Bertz CT molecular complexity index is 458. The van der Waals surface area contributed by atoms with E-state index in [9.17, 15) is 14.4 Å². The molecule has 0 aliphatic heterocycles. The van der Waals surface area contributed by atoms with Crippen LogP contribution in [0, 0.1) is 23.2 Å². The lowest BCUT2D eigenvalue weighted by Gasteiger charge is -2.33. The summed E-state index contributed by atoms with van der Waals surface area (Å²) in [5.41, 5.74) is 1.20. The van der Waals surface area contributed by atoms with Crippen molar-refractivity contribution in [3.63, 3.8) is 0 Å². The second kappa shape index (κ2) is 10.4. The molecule has 3 atom stereocenters. The first-order valence-electron chi connectivity index (χ1n) is 8.95. The topological polar surface area (TPSA) is 108 Å². The molecule has 146 valence electrons. The van der Waals surface area contributed by atoms with Crippen molar-refractivity contribution in [1.82, 2.24) is 16.1 Å². The Morgan fingerprint density at radius 2 is 1.56 bits per heavy atom. The maximum Gasteiger partial charge on any atom is 0.247 e. The molecule has 0 saturated carbocycles. The fourth-order valence-corrected chi connectivity index (χ4v) is 2.94. The molecule has 0 bridgehead atoms. The molecule has 0 radical (unpaired) electrons. The average Bonchev–Trinajstić information content (AvgIpc) is 2.52. The number of hydrogen-bond donors (Lipinski definition) is 4. The number of hydroxylamine groups is 1. The van der Waals surface area contributed by atoms with Crippen LogP contribution in [-0.2, 0) is 14.4 Å². The van der Waals surface area contributed by atoms with Crippen LogP contribution < -0.4 is 16.1 Å². The van der Waals surface area contributed by atoms with E-state index in [1.807, 2.05) is 41.5 Å². The SMILES string of the molecule is CCC[C@@H](C(=O)NO)C(CC(C)C)C(=O)N[C@H](C(=O)NC)C(C)(C)C. The highest BCUT2D eigenvalue weighted by molar-refractivity contribution is 5.91. The second-order valence-electron chi connectivity index (χ2n) is 8.03. The van der Waals surface area contributed by atoms with Crippen LogP contribution in [0.3, 0.4) is 0 Å². The van der Waals surface area contributed by atoms with E-state index in [2.05, 4.69) is 10.6 Å². The summed E-state index contributed by atoms with van der Waals surface area (Å²) in [6.45, 7) is 11.5. The summed E-state index contributed by atoms with van der Waals surface area (Å²) in [7, 11) is 1.53. The zero-order valence-electron chi connectivity index (χ0n) is 16.6. The number of rotatable bonds is 9. The lowest BCUT2D eigenvalue weighted by molar-refractivity contribution is -0.142. The molecule has 1 unspecified atom stereocenters. The number of amides is 3. The number of carbonyl (C=O) groups is 3. The lowest BCUT2D eigenvalue weighted by Crippen LogP contribution is -2.55. The molecule has 0 rings (SSSR count). The van der Waals surface area contributed by atoms with E-state index < -0.39 is 29.2 Å². The van der Waals surface area contributed by atoms with E-state index in [1.165, 1.54) is 7.05 Å². The quantitative estimate of drug-likeness (QED) is 0.373. The van der Waals surface area contributed by atoms with Crippen molar-refractivity contribution < 1.29 is 19.6 Å². The van der Waals surface area contributed by atoms with Crippen LogP contribution in [0.1, 0.15) is 60.8 Å². The first-order chi connectivity index (χ1) is 11.5. The highest BCUT2D eigenvalue weighted by Crippen LogP contribution is 2.27. The van der Waals surface area contributed by atoms with Gasteiger partial charge in [0.1, 0.15) is 6.04 Å². The molecule has 7 heteroatoms. The minimum atomic E-state index is -0.709. The standard InChI is InChI=1S/C18H35N3O4/c1-8-9-12(16(23)21-25)13(10-11(2)3)15(22)20-14(17(24)19-7)18(4,5)6/h11-14,25H,8-10H2,1-7H3,(H,19,24)(H,20,22)(H,21,23)/t12-,13?,14-/m1/s1. The van der Waals surface area contributed by atoms with Crippen LogP contribution >= 0.6 is 0 Å². The van der Waals surface area contributed by atoms with Gasteiger partial charge in [0.05, 0.1) is 5.92 Å². The van der Waals surface area contributed by atoms with E-state index >= 15 is 0 Å². The molecular weight excluding hydrogens is 322 g/mol. The van der Waals surface area contributed by atoms with Crippen LogP contribution in [0.5, 0.6) is 0 Å². The molecule has 0 aromatic rings. The summed E-state index contributed by atoms with van der Waals surface area (Å²) in [6.07, 6.45) is 1.68. The van der Waals surface area contributed by atoms with Crippen LogP contribution in [0.15, 0.2) is 0 Å². The van der Waals surface area contributed by atoms with Crippen LogP contribution in [-0.4, -0.2) is 36.0 Å². The molecule has 25 heavy (non-hydrogen) atoms. The van der Waals surface area contributed by atoms with Gasteiger partial charge in [-0.3, -0.25) is 19.6 Å². The van der Waals surface area contributed by atoms with Crippen molar-refractivity contribution in [3.05, 3.63) is 0 Å². The third kappa shape index (κ3) is 7.42. The summed E-state index contributed by atoms with van der Waals surface area (Å²) in [5.74, 6) is -2.23. The molecule has 0 aliphatic rings. The third-order valence-corrected chi connectivity index (χ3v) is 4.26. The predicted molar refractivity (Wildman–Crippen MR) is 96.7 cm³/mol. The molecule has 0 spiro atoms. The van der Waals surface area contributed by atoms with Crippen molar-refractivity contribution in [2.45, 2.75) is 66.8 Å². The van der Waals surface area contributed by atoms with Crippen LogP contribution in [0.4, 0.5) is 0 Å². The van der Waals surface area contributed by atoms with Gasteiger partial charge in [-0.05, 0) is 24.2 Å². The van der Waals surface area contributed by atoms with Gasteiger partial charge in [0, 0.05) is 13.0 Å². The Kier molecular flexibility index (Phi) is 9.70. The van der Waals surface area contributed by atoms with Crippen molar-refractivity contribution in [3.8, 4) is 0 Å². The lowest BCUT2D eigenvalue weighted by atomic mass is 9.80. The fraction of sp³-hybridized carbons (Fsp3) is 0.833. The van der Waals surface area contributed by atoms with Crippen LogP contribution in [0.2, 0.25) is 0 Å². The number of nitrogens with one attached hydrogen (secondary N) is 3. The van der Waals surface area contributed by atoms with Gasteiger partial charge in [-0.1, -0.05) is 48.0 Å². The van der Waals surface area contributed by atoms with Crippen molar-refractivity contribution >= 4 is 17.7 Å². The summed E-state index contributed by atoms with van der Waals surface area (Å²) >= 11 is 0. The van der Waals surface area contributed by atoms with Gasteiger partial charge in [0.15, 0.2) is 0 Å². The first kappa shape index (κ1) is 23.4. The Morgan fingerprint density at radius 3 is 1.92 bits per heavy atom. The Labute approximate surface area is 151 Å². The zero-order chi connectivity index (χ0) is 19.8. The van der Waals surface area contributed by atoms with Gasteiger partial charge in [-0.2, -0.15) is 0 Å². The fourth-order valence-electron chi connectivity index (χ4n) is 2.94. The molecule has 0 heterocycles. The Hall–Kier alpha value is -1.63. The largest absolute Gasteiger partial charge is 0.357 e. The Morgan fingerprint density at radius 1 is 1.00 bits per heavy atom. The Balaban J connectivity index is 5.59. The molecule has 0 aromatic carbocycles. The summed E-state index contributed by atoms with van der Waals surface area (Å²) < 4.78 is 0. The average molecular weight is 357 g/mol. The van der Waals surface area contributed by atoms with Gasteiger partial charge in [-0.15, -0.1) is 0 Å². The maximum atomic E-state index is 12.9. The highest BCUT2D eigenvalue weighted by Gasteiger charge is 2.38. The predicted octanol–water partition coefficient (Wildman–Crippen LogP) is 1.85. The molecule has 0 saturated heterocycles. The van der Waals surface area contributed by atoms with Crippen molar-refractivity contribution in [2.75, 3.05) is 7.05 Å². The van der Waals surface area contributed by atoms with Gasteiger partial charge in [-0.25, -0.2) is 5.48 Å². The van der Waals surface area contributed by atoms with E-state index in [-0.39, 0.29) is 17.7 Å². The molecule has 3 amide bonds. The van der Waals surface area contributed by atoms with Crippen LogP contribution in [0.25, 0.3) is 0 Å². The van der Waals surface area contributed by atoms with Crippen molar-refractivity contribution in [1.29, 1.82) is 0 Å². The molecule has 4 N–H and O–H groups in total. The molecule has 0 fully saturated rings. The van der Waals surface area contributed by atoms with Gasteiger partial charge in [0.2, 0.25) is 17.7 Å². The molecular formula is C18H35N3O4. The van der Waals surface area contributed by atoms with E-state index in [4.69, 9.17) is 5.21 Å². The van der Waals surface area contributed by atoms with E-state index in [1.54, 1.807) is 5.48 Å². The van der Waals surface area contributed by atoms with E-state index in [0.29, 0.717) is 19.3 Å².